The summed E-state index contributed by atoms with van der Waals surface area (Å²) < 4.78 is 36.7. The van der Waals surface area contributed by atoms with Gasteiger partial charge in [-0.3, -0.25) is 4.79 Å². The lowest BCUT2D eigenvalue weighted by Gasteiger charge is -2.50. The molecule has 3 aliphatic heterocycles. The zero-order valence-electron chi connectivity index (χ0n) is 15.2. The number of aromatic nitrogens is 1. The molecule has 8 nitrogen and oxygen atoms in total. The maximum Gasteiger partial charge on any atom is 0.230 e. The van der Waals surface area contributed by atoms with Gasteiger partial charge in [0.2, 0.25) is 15.9 Å². The molecule has 0 aromatic carbocycles. The van der Waals surface area contributed by atoms with E-state index in [9.17, 15) is 13.2 Å². The van der Waals surface area contributed by atoms with Crippen molar-refractivity contribution in [2.45, 2.75) is 56.7 Å². The average Bonchev–Trinajstić information content (AvgIpc) is 3.08. The van der Waals surface area contributed by atoms with E-state index in [1.807, 2.05) is 11.8 Å². The third-order valence-corrected chi connectivity index (χ3v) is 7.06. The molecule has 0 N–H and O–H groups in total. The van der Waals surface area contributed by atoms with Crippen molar-refractivity contribution < 1.29 is 22.5 Å². The first-order chi connectivity index (χ1) is 12.3. The second kappa shape index (κ2) is 6.31. The van der Waals surface area contributed by atoms with E-state index in [1.54, 1.807) is 6.07 Å². The number of hydrogen-bond acceptors (Lipinski definition) is 6. The van der Waals surface area contributed by atoms with Crippen LogP contribution < -0.4 is 0 Å². The summed E-state index contributed by atoms with van der Waals surface area (Å²) in [6, 6.07) is 1.99. The van der Waals surface area contributed by atoms with Gasteiger partial charge in [-0.05, 0) is 32.6 Å². The molecule has 1 aromatic heterocycles. The summed E-state index contributed by atoms with van der Waals surface area (Å²) in [6.45, 7) is 3.04. The van der Waals surface area contributed by atoms with E-state index >= 15 is 0 Å². The van der Waals surface area contributed by atoms with Gasteiger partial charge in [0.25, 0.3) is 0 Å². The van der Waals surface area contributed by atoms with Gasteiger partial charge >= 0.3 is 0 Å². The van der Waals surface area contributed by atoms with Crippen molar-refractivity contribution in [2.24, 2.45) is 0 Å². The molecule has 0 saturated carbocycles. The van der Waals surface area contributed by atoms with E-state index in [2.05, 4.69) is 5.16 Å². The number of carbonyl (C=O) groups is 1. The third kappa shape index (κ3) is 3.27. The molecule has 9 heteroatoms. The minimum Gasteiger partial charge on any atom is -0.372 e. The fourth-order valence-electron chi connectivity index (χ4n) is 4.79. The van der Waals surface area contributed by atoms with Crippen molar-refractivity contribution >= 4 is 15.9 Å². The smallest absolute Gasteiger partial charge is 0.230 e. The molecule has 3 saturated heterocycles. The second-order valence-electron chi connectivity index (χ2n) is 7.83. The molecule has 0 radical (unpaired) electrons. The predicted molar refractivity (Wildman–Crippen MR) is 92.9 cm³/mol. The van der Waals surface area contributed by atoms with Gasteiger partial charge in [0.05, 0.1) is 30.6 Å². The lowest BCUT2D eigenvalue weighted by atomic mass is 9.84. The number of fused-ring (bicyclic) bond motifs is 2. The number of sulfonamides is 1. The monoisotopic (exact) mass is 383 g/mol. The first-order valence-corrected chi connectivity index (χ1v) is 10.9. The van der Waals surface area contributed by atoms with Gasteiger partial charge in [-0.25, -0.2) is 8.42 Å². The molecular formula is C17H25N3O5S. The number of piperidine rings is 1. The van der Waals surface area contributed by atoms with Crippen molar-refractivity contribution in [3.05, 3.63) is 17.5 Å². The van der Waals surface area contributed by atoms with Crippen LogP contribution in [0.15, 0.2) is 10.6 Å². The van der Waals surface area contributed by atoms with Crippen LogP contribution in [-0.2, 0) is 26.0 Å². The Kier molecular flexibility index (Phi) is 4.36. The minimum absolute atomic E-state index is 0.0549. The molecule has 4 heterocycles. The number of aryl methyl sites for hydroxylation is 1. The van der Waals surface area contributed by atoms with Crippen LogP contribution in [0, 0.1) is 6.92 Å². The van der Waals surface area contributed by atoms with E-state index < -0.39 is 15.6 Å². The van der Waals surface area contributed by atoms with Crippen molar-refractivity contribution in [2.75, 3.05) is 26.0 Å². The zero-order chi connectivity index (χ0) is 18.5. The van der Waals surface area contributed by atoms with Crippen LogP contribution in [0.4, 0.5) is 0 Å². The molecule has 3 aliphatic rings. The van der Waals surface area contributed by atoms with E-state index in [0.717, 1.165) is 18.5 Å². The highest BCUT2D eigenvalue weighted by Gasteiger charge is 2.52. The fraction of sp³-hybridized carbons (Fsp3) is 0.765. The van der Waals surface area contributed by atoms with Crippen LogP contribution in [0.25, 0.3) is 0 Å². The molecule has 1 aromatic rings. The number of carbonyl (C=O) groups excluding carboxylic acids is 1. The van der Waals surface area contributed by atoms with Crippen LogP contribution >= 0.6 is 0 Å². The first-order valence-electron chi connectivity index (χ1n) is 9.08. The molecule has 2 bridgehead atoms. The molecule has 1 spiro atoms. The Bertz CT molecular complexity index is 791. The standard InChI is InChI=1S/C17H25N3O5S/c1-12-7-15(25-18-12)8-16(21)20-13-3-4-14(20)10-17(9-13)11-19(5-6-24-17)26(2,22)23/h7,13-14H,3-6,8-11H2,1-2H3/t13-,14+,17?. The van der Waals surface area contributed by atoms with Crippen molar-refractivity contribution in [3.63, 3.8) is 0 Å². The fourth-order valence-corrected chi connectivity index (χ4v) is 5.67. The number of amides is 1. The topological polar surface area (TPSA) is 93.0 Å². The van der Waals surface area contributed by atoms with Crippen LogP contribution in [0.3, 0.4) is 0 Å². The maximum absolute atomic E-state index is 12.8. The summed E-state index contributed by atoms with van der Waals surface area (Å²) in [6.07, 6.45) is 4.73. The summed E-state index contributed by atoms with van der Waals surface area (Å²) in [4.78, 5) is 14.8. The molecule has 3 atom stereocenters. The van der Waals surface area contributed by atoms with Gasteiger partial charge in [0.1, 0.15) is 5.76 Å². The highest BCUT2D eigenvalue weighted by Crippen LogP contribution is 2.44. The Morgan fingerprint density at radius 2 is 2.04 bits per heavy atom. The third-order valence-electron chi connectivity index (χ3n) is 5.81. The molecule has 1 amide bonds. The van der Waals surface area contributed by atoms with Crippen LogP contribution in [-0.4, -0.2) is 72.3 Å². The van der Waals surface area contributed by atoms with Crippen LogP contribution in [0.5, 0.6) is 0 Å². The van der Waals surface area contributed by atoms with Gasteiger partial charge in [-0.1, -0.05) is 5.16 Å². The molecule has 26 heavy (non-hydrogen) atoms. The normalized spacial score (nSPS) is 32.3. The molecule has 3 fully saturated rings. The Balaban J connectivity index is 1.48. The SMILES string of the molecule is Cc1cc(CC(=O)N2[C@@H]3CC[C@H]2CC2(C3)CN(S(C)(=O)=O)CCO2)on1. The Hall–Kier alpha value is -1.45. The van der Waals surface area contributed by atoms with E-state index in [4.69, 9.17) is 9.26 Å². The summed E-state index contributed by atoms with van der Waals surface area (Å²) in [7, 11) is -3.23. The number of ether oxygens (including phenoxy) is 1. The van der Waals surface area contributed by atoms with Gasteiger partial charge in [0, 0.05) is 31.2 Å². The first kappa shape index (κ1) is 17.9. The zero-order valence-corrected chi connectivity index (χ0v) is 16.0. The minimum atomic E-state index is -3.23. The van der Waals surface area contributed by atoms with E-state index in [0.29, 0.717) is 38.3 Å². The van der Waals surface area contributed by atoms with Gasteiger partial charge < -0.3 is 14.2 Å². The summed E-state index contributed by atoms with van der Waals surface area (Å²) in [5.74, 6) is 0.642. The quantitative estimate of drug-likeness (QED) is 0.763. The van der Waals surface area contributed by atoms with E-state index in [1.165, 1.54) is 10.6 Å². The Labute approximate surface area is 153 Å². The molecule has 144 valence electrons. The number of nitrogens with zero attached hydrogens (tertiary/aromatic N) is 3. The largest absolute Gasteiger partial charge is 0.372 e. The lowest BCUT2D eigenvalue weighted by Crippen LogP contribution is -2.61. The molecule has 1 unspecified atom stereocenters. The Morgan fingerprint density at radius 3 is 2.62 bits per heavy atom. The predicted octanol–water partition coefficient (Wildman–Crippen LogP) is 0.710. The van der Waals surface area contributed by atoms with Crippen molar-refractivity contribution in [1.29, 1.82) is 0 Å². The highest BCUT2D eigenvalue weighted by molar-refractivity contribution is 7.88. The number of morpholine rings is 1. The van der Waals surface area contributed by atoms with Crippen molar-refractivity contribution in [1.82, 2.24) is 14.4 Å². The Morgan fingerprint density at radius 1 is 1.35 bits per heavy atom. The maximum atomic E-state index is 12.8. The average molecular weight is 383 g/mol. The van der Waals surface area contributed by atoms with Gasteiger partial charge in [0.15, 0.2) is 0 Å². The highest BCUT2D eigenvalue weighted by atomic mass is 32.2. The summed E-state index contributed by atoms with van der Waals surface area (Å²) in [5, 5.41) is 3.84. The second-order valence-corrected chi connectivity index (χ2v) is 9.82. The molecule has 0 aliphatic carbocycles. The number of hydrogen-bond donors (Lipinski definition) is 0. The van der Waals surface area contributed by atoms with Gasteiger partial charge in [-0.15, -0.1) is 0 Å². The summed E-state index contributed by atoms with van der Waals surface area (Å²) in [5.41, 5.74) is 0.303. The molecule has 4 rings (SSSR count). The van der Waals surface area contributed by atoms with Gasteiger partial charge in [-0.2, -0.15) is 4.31 Å². The summed E-state index contributed by atoms with van der Waals surface area (Å²) >= 11 is 0. The van der Waals surface area contributed by atoms with Crippen LogP contribution in [0.1, 0.15) is 37.1 Å². The van der Waals surface area contributed by atoms with E-state index in [-0.39, 0.29) is 24.4 Å². The molecular weight excluding hydrogens is 358 g/mol. The van der Waals surface area contributed by atoms with Crippen molar-refractivity contribution in [3.8, 4) is 0 Å². The van der Waals surface area contributed by atoms with Crippen LogP contribution in [0.2, 0.25) is 0 Å². The number of rotatable bonds is 3. The lowest BCUT2D eigenvalue weighted by molar-refractivity contribution is -0.155.